The standard InChI is InChI=1S/C19H25N3O3/c20-13-17(14-21-3-7-24-8-4-21)11-16-1-2-19(23)18(12-16)15-22-5-9-25-10-6-22/h1-2,11-12,23H,3-10,14-15H2. The molecule has 134 valence electrons. The second-order valence-electron chi connectivity index (χ2n) is 6.45. The maximum absolute atomic E-state index is 10.2. The largest absolute Gasteiger partial charge is 0.508 e. The maximum atomic E-state index is 10.2. The summed E-state index contributed by atoms with van der Waals surface area (Å²) in [7, 11) is 0. The van der Waals surface area contributed by atoms with Crippen LogP contribution < -0.4 is 0 Å². The number of hydrogen-bond acceptors (Lipinski definition) is 6. The van der Waals surface area contributed by atoms with Crippen LogP contribution in [0.25, 0.3) is 6.08 Å². The molecule has 1 aromatic carbocycles. The molecule has 2 saturated heterocycles. The zero-order valence-electron chi connectivity index (χ0n) is 14.5. The van der Waals surface area contributed by atoms with Gasteiger partial charge in [-0.2, -0.15) is 5.26 Å². The molecule has 1 aromatic rings. The number of phenolic OH excluding ortho intramolecular Hbond substituents is 1. The van der Waals surface area contributed by atoms with E-state index in [0.717, 1.165) is 69.3 Å². The van der Waals surface area contributed by atoms with Gasteiger partial charge < -0.3 is 14.6 Å². The third kappa shape index (κ3) is 5.28. The first-order chi connectivity index (χ1) is 12.2. The van der Waals surface area contributed by atoms with Gasteiger partial charge in [0, 0.05) is 50.4 Å². The molecule has 0 spiro atoms. The molecule has 2 aliphatic rings. The highest BCUT2D eigenvalue weighted by Crippen LogP contribution is 2.22. The van der Waals surface area contributed by atoms with Gasteiger partial charge in [-0.25, -0.2) is 0 Å². The summed E-state index contributed by atoms with van der Waals surface area (Å²) in [6.45, 7) is 7.72. The number of nitriles is 1. The van der Waals surface area contributed by atoms with Crippen molar-refractivity contribution >= 4 is 6.08 Å². The number of hydrogen-bond donors (Lipinski definition) is 1. The minimum atomic E-state index is 0.301. The molecule has 25 heavy (non-hydrogen) atoms. The number of benzene rings is 1. The normalized spacial score (nSPS) is 20.4. The van der Waals surface area contributed by atoms with Crippen LogP contribution in [0.1, 0.15) is 11.1 Å². The molecule has 6 heteroatoms. The highest BCUT2D eigenvalue weighted by atomic mass is 16.5. The van der Waals surface area contributed by atoms with Gasteiger partial charge in [0.25, 0.3) is 0 Å². The van der Waals surface area contributed by atoms with E-state index < -0.39 is 0 Å². The average Bonchev–Trinajstić information content (AvgIpc) is 2.65. The Morgan fingerprint density at radius 3 is 2.36 bits per heavy atom. The van der Waals surface area contributed by atoms with Gasteiger partial charge in [-0.3, -0.25) is 9.80 Å². The van der Waals surface area contributed by atoms with Crippen molar-refractivity contribution in [1.82, 2.24) is 9.80 Å². The maximum Gasteiger partial charge on any atom is 0.120 e. The van der Waals surface area contributed by atoms with Crippen molar-refractivity contribution in [3.8, 4) is 11.8 Å². The van der Waals surface area contributed by atoms with E-state index in [4.69, 9.17) is 9.47 Å². The van der Waals surface area contributed by atoms with Crippen LogP contribution in [0.4, 0.5) is 0 Å². The van der Waals surface area contributed by atoms with E-state index in [-0.39, 0.29) is 0 Å². The Morgan fingerprint density at radius 1 is 1.08 bits per heavy atom. The van der Waals surface area contributed by atoms with Crippen molar-refractivity contribution in [3.05, 3.63) is 34.9 Å². The van der Waals surface area contributed by atoms with Crippen LogP contribution in [-0.2, 0) is 16.0 Å². The van der Waals surface area contributed by atoms with Crippen LogP contribution in [0.15, 0.2) is 23.8 Å². The van der Waals surface area contributed by atoms with Gasteiger partial charge in [-0.05, 0) is 23.8 Å². The van der Waals surface area contributed by atoms with Crippen molar-refractivity contribution in [2.24, 2.45) is 0 Å². The number of phenols is 1. The minimum absolute atomic E-state index is 0.301. The summed E-state index contributed by atoms with van der Waals surface area (Å²) in [6.07, 6.45) is 1.91. The van der Waals surface area contributed by atoms with Gasteiger partial charge in [0.05, 0.1) is 32.5 Å². The van der Waals surface area contributed by atoms with Crippen LogP contribution in [0.3, 0.4) is 0 Å². The average molecular weight is 343 g/mol. The summed E-state index contributed by atoms with van der Waals surface area (Å²) in [5, 5.41) is 19.6. The molecular weight excluding hydrogens is 318 g/mol. The van der Waals surface area contributed by atoms with Crippen LogP contribution in [0, 0.1) is 11.3 Å². The molecule has 6 nitrogen and oxygen atoms in total. The smallest absolute Gasteiger partial charge is 0.120 e. The van der Waals surface area contributed by atoms with Gasteiger partial charge in [0.1, 0.15) is 5.75 Å². The number of aromatic hydroxyl groups is 1. The molecule has 1 N–H and O–H groups in total. The molecule has 3 rings (SSSR count). The Morgan fingerprint density at radius 2 is 1.72 bits per heavy atom. The summed E-state index contributed by atoms with van der Waals surface area (Å²) >= 11 is 0. The first-order valence-electron chi connectivity index (χ1n) is 8.77. The topological polar surface area (TPSA) is 69.0 Å². The third-order valence-electron chi connectivity index (χ3n) is 4.58. The summed E-state index contributed by atoms with van der Waals surface area (Å²) in [5.41, 5.74) is 2.56. The Labute approximate surface area is 148 Å². The zero-order chi connectivity index (χ0) is 17.5. The SMILES string of the molecule is N#CC(=Cc1ccc(O)c(CN2CCOCC2)c1)CN1CCOCC1. The van der Waals surface area contributed by atoms with E-state index in [0.29, 0.717) is 18.8 Å². The Balaban J connectivity index is 1.69. The van der Waals surface area contributed by atoms with Crippen molar-refractivity contribution in [3.63, 3.8) is 0 Å². The lowest BCUT2D eigenvalue weighted by Crippen LogP contribution is -2.37. The Bertz CT molecular complexity index is 642. The van der Waals surface area contributed by atoms with Crippen molar-refractivity contribution < 1.29 is 14.6 Å². The van der Waals surface area contributed by atoms with Crippen molar-refractivity contribution in [2.45, 2.75) is 6.54 Å². The molecular formula is C19H25N3O3. The van der Waals surface area contributed by atoms with Gasteiger partial charge in [0.15, 0.2) is 0 Å². The lowest BCUT2D eigenvalue weighted by Gasteiger charge is -2.27. The lowest BCUT2D eigenvalue weighted by molar-refractivity contribution is 0.0339. The van der Waals surface area contributed by atoms with E-state index in [1.165, 1.54) is 0 Å². The summed E-state index contributed by atoms with van der Waals surface area (Å²) in [6, 6.07) is 7.85. The molecule has 0 radical (unpaired) electrons. The molecule has 0 amide bonds. The van der Waals surface area contributed by atoms with Crippen LogP contribution >= 0.6 is 0 Å². The highest BCUT2D eigenvalue weighted by molar-refractivity contribution is 5.59. The summed E-state index contributed by atoms with van der Waals surface area (Å²) in [5.74, 6) is 0.301. The first-order valence-corrected chi connectivity index (χ1v) is 8.77. The lowest BCUT2D eigenvalue weighted by atomic mass is 10.1. The summed E-state index contributed by atoms with van der Waals surface area (Å²) < 4.78 is 10.7. The molecule has 0 aromatic heterocycles. The molecule has 0 aliphatic carbocycles. The fourth-order valence-corrected chi connectivity index (χ4v) is 3.14. The predicted molar refractivity (Wildman–Crippen MR) is 95.1 cm³/mol. The Hall–Kier alpha value is -1.91. The Kier molecular flexibility index (Phi) is 6.42. The molecule has 0 unspecified atom stereocenters. The summed E-state index contributed by atoms with van der Waals surface area (Å²) in [4.78, 5) is 4.50. The first kappa shape index (κ1) is 17.9. The van der Waals surface area contributed by atoms with Crippen LogP contribution in [0.5, 0.6) is 5.75 Å². The molecule has 2 fully saturated rings. The van der Waals surface area contributed by atoms with E-state index in [2.05, 4.69) is 15.9 Å². The molecule has 2 aliphatic heterocycles. The number of rotatable bonds is 5. The molecule has 0 atom stereocenters. The van der Waals surface area contributed by atoms with Gasteiger partial charge in [-0.15, -0.1) is 0 Å². The number of morpholine rings is 2. The number of nitrogens with zero attached hydrogens (tertiary/aromatic N) is 3. The van der Waals surface area contributed by atoms with Gasteiger partial charge in [-0.1, -0.05) is 6.07 Å². The quantitative estimate of drug-likeness (QED) is 0.817. The van der Waals surface area contributed by atoms with Gasteiger partial charge >= 0.3 is 0 Å². The van der Waals surface area contributed by atoms with Crippen LogP contribution in [0.2, 0.25) is 0 Å². The molecule has 0 bridgehead atoms. The predicted octanol–water partition coefficient (Wildman–Crippen LogP) is 1.46. The van der Waals surface area contributed by atoms with Crippen molar-refractivity contribution in [2.75, 3.05) is 59.2 Å². The monoisotopic (exact) mass is 343 g/mol. The van der Waals surface area contributed by atoms with Crippen molar-refractivity contribution in [1.29, 1.82) is 5.26 Å². The van der Waals surface area contributed by atoms with E-state index >= 15 is 0 Å². The highest BCUT2D eigenvalue weighted by Gasteiger charge is 2.14. The molecule has 2 heterocycles. The van der Waals surface area contributed by atoms with E-state index in [1.807, 2.05) is 18.2 Å². The second-order valence-corrected chi connectivity index (χ2v) is 6.45. The minimum Gasteiger partial charge on any atom is -0.508 e. The third-order valence-corrected chi connectivity index (χ3v) is 4.58. The zero-order valence-corrected chi connectivity index (χ0v) is 14.5. The second kappa shape index (κ2) is 8.97. The number of ether oxygens (including phenoxy) is 2. The van der Waals surface area contributed by atoms with Gasteiger partial charge in [0.2, 0.25) is 0 Å². The molecule has 0 saturated carbocycles. The van der Waals surface area contributed by atoms with E-state index in [1.54, 1.807) is 6.07 Å². The fraction of sp³-hybridized carbons (Fsp3) is 0.526. The van der Waals surface area contributed by atoms with Crippen LogP contribution in [-0.4, -0.2) is 74.1 Å². The van der Waals surface area contributed by atoms with E-state index in [9.17, 15) is 10.4 Å². The fourth-order valence-electron chi connectivity index (χ4n) is 3.14.